The first-order chi connectivity index (χ1) is 12.6. The Morgan fingerprint density at radius 1 is 0.962 bits per heavy atom. The van der Waals surface area contributed by atoms with Crippen LogP contribution >= 0.6 is 0 Å². The van der Waals surface area contributed by atoms with Gasteiger partial charge < -0.3 is 20.4 Å². The minimum atomic E-state index is -0.989. The lowest BCUT2D eigenvalue weighted by molar-refractivity contribution is -0.137. The van der Waals surface area contributed by atoms with E-state index in [9.17, 15) is 14.7 Å². The molecule has 2 amide bonds. The van der Waals surface area contributed by atoms with Gasteiger partial charge in [-0.1, -0.05) is 60.7 Å². The maximum atomic E-state index is 12.6. The fourth-order valence-corrected chi connectivity index (χ4v) is 2.70. The highest BCUT2D eigenvalue weighted by Crippen LogP contribution is 2.17. The van der Waals surface area contributed by atoms with Gasteiger partial charge in [-0.05, 0) is 17.5 Å². The van der Waals surface area contributed by atoms with Crippen molar-refractivity contribution in [2.45, 2.75) is 18.9 Å². The third-order valence-electron chi connectivity index (χ3n) is 4.05. The maximum absolute atomic E-state index is 12.6. The molecule has 6 nitrogen and oxygen atoms in total. The summed E-state index contributed by atoms with van der Waals surface area (Å²) >= 11 is 0. The number of nitrogens with one attached hydrogen (secondary N) is 1. The average molecular weight is 356 g/mol. The lowest BCUT2D eigenvalue weighted by Gasteiger charge is -2.26. The molecule has 1 unspecified atom stereocenters. The van der Waals surface area contributed by atoms with E-state index in [2.05, 4.69) is 5.32 Å². The molecule has 2 aromatic rings. The van der Waals surface area contributed by atoms with Gasteiger partial charge in [0, 0.05) is 13.1 Å². The van der Waals surface area contributed by atoms with Crippen LogP contribution < -0.4 is 5.32 Å². The summed E-state index contributed by atoms with van der Waals surface area (Å²) < 4.78 is 0. The second kappa shape index (κ2) is 10.2. The Morgan fingerprint density at radius 3 is 2.15 bits per heavy atom. The van der Waals surface area contributed by atoms with E-state index in [1.54, 1.807) is 24.3 Å². The van der Waals surface area contributed by atoms with Crippen molar-refractivity contribution in [1.29, 1.82) is 0 Å². The van der Waals surface area contributed by atoms with Crippen LogP contribution in [0.15, 0.2) is 60.7 Å². The SMILES string of the molecule is O=C(O)CC(NC(=O)N(CCO)CCc1ccccc1)c1ccccc1. The first kappa shape index (κ1) is 19.5. The smallest absolute Gasteiger partial charge is 0.317 e. The molecule has 0 saturated carbocycles. The normalized spacial score (nSPS) is 11.6. The van der Waals surface area contributed by atoms with Crippen LogP contribution in [0.4, 0.5) is 4.79 Å². The summed E-state index contributed by atoms with van der Waals surface area (Å²) in [6.07, 6.45) is 0.449. The Morgan fingerprint density at radius 2 is 1.58 bits per heavy atom. The zero-order valence-electron chi connectivity index (χ0n) is 14.5. The fraction of sp³-hybridized carbons (Fsp3) is 0.300. The van der Waals surface area contributed by atoms with Crippen molar-refractivity contribution >= 4 is 12.0 Å². The van der Waals surface area contributed by atoms with Crippen molar-refractivity contribution in [3.63, 3.8) is 0 Å². The maximum Gasteiger partial charge on any atom is 0.317 e. The zero-order valence-corrected chi connectivity index (χ0v) is 14.5. The van der Waals surface area contributed by atoms with Gasteiger partial charge in [0.15, 0.2) is 0 Å². The molecule has 0 heterocycles. The van der Waals surface area contributed by atoms with Gasteiger partial charge in [-0.2, -0.15) is 0 Å². The molecule has 6 heteroatoms. The second-order valence-corrected chi connectivity index (χ2v) is 5.96. The van der Waals surface area contributed by atoms with Gasteiger partial charge in [0.25, 0.3) is 0 Å². The number of carboxylic acid groups (broad SMARTS) is 1. The van der Waals surface area contributed by atoms with Crippen molar-refractivity contribution in [3.8, 4) is 0 Å². The molecule has 26 heavy (non-hydrogen) atoms. The summed E-state index contributed by atoms with van der Waals surface area (Å²) in [7, 11) is 0. The number of aliphatic carboxylic acids is 1. The highest BCUT2D eigenvalue weighted by Gasteiger charge is 2.21. The van der Waals surface area contributed by atoms with Gasteiger partial charge in [0.05, 0.1) is 19.1 Å². The third kappa shape index (κ3) is 6.22. The molecule has 0 aliphatic heterocycles. The second-order valence-electron chi connectivity index (χ2n) is 5.96. The molecular formula is C20H24N2O4. The van der Waals surface area contributed by atoms with Gasteiger partial charge in [0.1, 0.15) is 0 Å². The molecule has 1 atom stereocenters. The quantitative estimate of drug-likeness (QED) is 0.644. The number of rotatable bonds is 9. The minimum Gasteiger partial charge on any atom is -0.481 e. The van der Waals surface area contributed by atoms with E-state index in [1.165, 1.54) is 4.90 Å². The van der Waals surface area contributed by atoms with Crippen LogP contribution in [0.1, 0.15) is 23.6 Å². The van der Waals surface area contributed by atoms with Crippen molar-refractivity contribution < 1.29 is 19.8 Å². The van der Waals surface area contributed by atoms with Crippen molar-refractivity contribution in [3.05, 3.63) is 71.8 Å². The van der Waals surface area contributed by atoms with Gasteiger partial charge in [-0.3, -0.25) is 4.79 Å². The van der Waals surface area contributed by atoms with Crippen molar-refractivity contribution in [2.75, 3.05) is 19.7 Å². The lowest BCUT2D eigenvalue weighted by atomic mass is 10.0. The predicted molar refractivity (Wildman–Crippen MR) is 98.8 cm³/mol. The number of carbonyl (C=O) groups is 2. The standard InChI is InChI=1S/C20H24N2O4/c23-14-13-22(12-11-16-7-3-1-4-8-16)20(26)21-18(15-19(24)25)17-9-5-2-6-10-17/h1-10,18,23H,11-15H2,(H,21,26)(H,24,25). The highest BCUT2D eigenvalue weighted by atomic mass is 16.4. The van der Waals surface area contributed by atoms with Crippen LogP contribution in [0.2, 0.25) is 0 Å². The number of hydrogen-bond donors (Lipinski definition) is 3. The van der Waals surface area contributed by atoms with Crippen LogP contribution in [0.3, 0.4) is 0 Å². The largest absolute Gasteiger partial charge is 0.481 e. The molecule has 0 aliphatic rings. The number of carbonyl (C=O) groups excluding carboxylic acids is 1. The monoisotopic (exact) mass is 356 g/mol. The van der Waals surface area contributed by atoms with Gasteiger partial charge in [-0.15, -0.1) is 0 Å². The van der Waals surface area contributed by atoms with E-state index in [1.807, 2.05) is 36.4 Å². The number of hydrogen-bond acceptors (Lipinski definition) is 3. The van der Waals surface area contributed by atoms with E-state index in [0.29, 0.717) is 13.0 Å². The van der Waals surface area contributed by atoms with E-state index < -0.39 is 12.0 Å². The van der Waals surface area contributed by atoms with Crippen molar-refractivity contribution in [2.24, 2.45) is 0 Å². The number of nitrogens with zero attached hydrogens (tertiary/aromatic N) is 1. The number of carboxylic acids is 1. The van der Waals surface area contributed by atoms with Crippen LogP contribution in [-0.2, 0) is 11.2 Å². The summed E-state index contributed by atoms with van der Waals surface area (Å²) in [5.74, 6) is -0.989. The Bertz CT molecular complexity index is 691. The summed E-state index contributed by atoms with van der Waals surface area (Å²) in [6.45, 7) is 0.468. The Hall–Kier alpha value is -2.86. The van der Waals surface area contributed by atoms with E-state index in [-0.39, 0.29) is 25.6 Å². The molecule has 3 N–H and O–H groups in total. The number of aliphatic hydroxyl groups excluding tert-OH is 1. The summed E-state index contributed by atoms with van der Waals surface area (Å²) in [4.78, 5) is 25.3. The molecule has 0 aromatic heterocycles. The molecule has 0 radical (unpaired) electrons. The van der Waals surface area contributed by atoms with Crippen LogP contribution in [-0.4, -0.2) is 46.8 Å². The predicted octanol–water partition coefficient (Wildman–Crippen LogP) is 2.45. The van der Waals surface area contributed by atoms with Gasteiger partial charge in [0.2, 0.25) is 0 Å². The molecule has 0 fully saturated rings. The summed E-state index contributed by atoms with van der Waals surface area (Å²) in [5.41, 5.74) is 1.82. The number of aliphatic hydroxyl groups is 1. The van der Waals surface area contributed by atoms with Gasteiger partial charge in [-0.25, -0.2) is 4.79 Å². The van der Waals surface area contributed by atoms with Crippen LogP contribution in [0.5, 0.6) is 0 Å². The zero-order chi connectivity index (χ0) is 18.8. The molecule has 2 aromatic carbocycles. The summed E-state index contributed by atoms with van der Waals surface area (Å²) in [5, 5.41) is 21.2. The molecule has 0 aliphatic carbocycles. The number of amides is 2. The van der Waals surface area contributed by atoms with Crippen molar-refractivity contribution in [1.82, 2.24) is 10.2 Å². The molecule has 0 saturated heterocycles. The first-order valence-corrected chi connectivity index (χ1v) is 8.57. The van der Waals surface area contributed by atoms with Crippen LogP contribution in [0, 0.1) is 0 Å². The highest BCUT2D eigenvalue weighted by molar-refractivity contribution is 5.76. The fourth-order valence-electron chi connectivity index (χ4n) is 2.70. The van der Waals surface area contributed by atoms with Gasteiger partial charge >= 0.3 is 12.0 Å². The number of benzene rings is 2. The van der Waals surface area contributed by atoms with Crippen LogP contribution in [0.25, 0.3) is 0 Å². The molecule has 0 spiro atoms. The topological polar surface area (TPSA) is 89.9 Å². The van der Waals surface area contributed by atoms with E-state index >= 15 is 0 Å². The summed E-state index contributed by atoms with van der Waals surface area (Å²) in [6, 6.07) is 17.8. The first-order valence-electron chi connectivity index (χ1n) is 8.57. The Balaban J connectivity index is 2.04. The Kier molecular flexibility index (Phi) is 7.64. The van der Waals surface area contributed by atoms with E-state index in [4.69, 9.17) is 5.11 Å². The molecule has 138 valence electrons. The number of urea groups is 1. The molecule has 2 rings (SSSR count). The lowest BCUT2D eigenvalue weighted by Crippen LogP contribution is -2.44. The van der Waals surface area contributed by atoms with E-state index in [0.717, 1.165) is 11.1 Å². The molecule has 0 bridgehead atoms. The molecular weight excluding hydrogens is 332 g/mol. The minimum absolute atomic E-state index is 0.156. The third-order valence-corrected chi connectivity index (χ3v) is 4.05. The average Bonchev–Trinajstić information content (AvgIpc) is 2.65. The Labute approximate surface area is 153 Å².